The lowest BCUT2D eigenvalue weighted by Crippen LogP contribution is -2.31. The van der Waals surface area contributed by atoms with E-state index in [1.54, 1.807) is 14.2 Å². The highest BCUT2D eigenvalue weighted by atomic mass is 16.8. The van der Waals surface area contributed by atoms with Crippen LogP contribution in [0.5, 0.6) is 0 Å². The maximum absolute atomic E-state index is 6.06. The van der Waals surface area contributed by atoms with Crippen molar-refractivity contribution in [2.24, 2.45) is 17.8 Å². The molecule has 0 radical (unpaired) electrons. The third-order valence-electron chi connectivity index (χ3n) is 5.71. The quantitative estimate of drug-likeness (QED) is 0.582. The molecule has 1 fully saturated rings. The summed E-state index contributed by atoms with van der Waals surface area (Å²) in [4.78, 5) is 0. The molecule has 5 atom stereocenters. The molecular formula is C22H36O3. The number of hydrogen-bond acceptors (Lipinski definition) is 3. The van der Waals surface area contributed by atoms with Crippen molar-refractivity contribution in [3.8, 4) is 0 Å². The molecule has 1 heterocycles. The average molecular weight is 349 g/mol. The summed E-state index contributed by atoms with van der Waals surface area (Å²) in [5.41, 5.74) is 4.17. The van der Waals surface area contributed by atoms with Gasteiger partial charge in [-0.3, -0.25) is 0 Å². The summed E-state index contributed by atoms with van der Waals surface area (Å²) in [6.07, 6.45) is 12.2. The minimum atomic E-state index is -0.269. The van der Waals surface area contributed by atoms with Gasteiger partial charge in [-0.2, -0.15) is 0 Å². The molecule has 1 aliphatic carbocycles. The predicted molar refractivity (Wildman–Crippen MR) is 103 cm³/mol. The first-order valence-corrected chi connectivity index (χ1v) is 9.67. The van der Waals surface area contributed by atoms with Crippen LogP contribution in [0, 0.1) is 17.8 Å². The summed E-state index contributed by atoms with van der Waals surface area (Å²) >= 11 is 0. The lowest BCUT2D eigenvalue weighted by Gasteiger charge is -2.32. The molecule has 0 spiro atoms. The lowest BCUT2D eigenvalue weighted by molar-refractivity contribution is -0.194. The van der Waals surface area contributed by atoms with Gasteiger partial charge in [-0.1, -0.05) is 36.3 Å². The minimum Gasteiger partial charge on any atom is -0.355 e. The van der Waals surface area contributed by atoms with Crippen LogP contribution in [0.25, 0.3) is 0 Å². The van der Waals surface area contributed by atoms with Gasteiger partial charge in [0.2, 0.25) is 0 Å². The van der Waals surface area contributed by atoms with E-state index in [9.17, 15) is 0 Å². The van der Waals surface area contributed by atoms with E-state index in [-0.39, 0.29) is 18.5 Å². The Morgan fingerprint density at radius 1 is 1.28 bits per heavy atom. The first-order chi connectivity index (χ1) is 12.0. The van der Waals surface area contributed by atoms with Crippen LogP contribution in [0.3, 0.4) is 0 Å². The van der Waals surface area contributed by atoms with Crippen LogP contribution in [0.4, 0.5) is 0 Å². The van der Waals surface area contributed by atoms with Gasteiger partial charge in [0.1, 0.15) is 0 Å². The molecule has 0 bridgehead atoms. The molecule has 2 rings (SSSR count). The number of hydrogen-bond donors (Lipinski definition) is 0. The molecule has 3 nitrogen and oxygen atoms in total. The third-order valence-corrected chi connectivity index (χ3v) is 5.71. The third kappa shape index (κ3) is 5.29. The highest BCUT2D eigenvalue weighted by molar-refractivity contribution is 5.20. The molecule has 2 aliphatic rings. The highest BCUT2D eigenvalue weighted by Crippen LogP contribution is 2.45. The van der Waals surface area contributed by atoms with Crippen LogP contribution in [-0.2, 0) is 14.2 Å². The van der Waals surface area contributed by atoms with E-state index in [0.717, 1.165) is 19.3 Å². The summed E-state index contributed by atoms with van der Waals surface area (Å²) in [7, 11) is 3.48. The van der Waals surface area contributed by atoms with E-state index in [4.69, 9.17) is 14.2 Å². The topological polar surface area (TPSA) is 27.7 Å². The fraction of sp³-hybridized carbons (Fsp3) is 0.727. The summed E-state index contributed by atoms with van der Waals surface area (Å²) in [5, 5.41) is 0. The van der Waals surface area contributed by atoms with Crippen LogP contribution >= 0.6 is 0 Å². The fourth-order valence-electron chi connectivity index (χ4n) is 4.23. The second-order valence-electron chi connectivity index (χ2n) is 7.86. The second kappa shape index (κ2) is 9.70. The van der Waals surface area contributed by atoms with Crippen LogP contribution in [0.15, 0.2) is 34.9 Å². The van der Waals surface area contributed by atoms with E-state index in [1.165, 1.54) is 29.6 Å². The molecule has 142 valence electrons. The molecule has 0 aromatic carbocycles. The molecular weight excluding hydrogens is 312 g/mol. The molecule has 1 aliphatic heterocycles. The van der Waals surface area contributed by atoms with Gasteiger partial charge in [0, 0.05) is 20.1 Å². The van der Waals surface area contributed by atoms with Crippen LogP contribution in [0.1, 0.15) is 59.8 Å². The van der Waals surface area contributed by atoms with Gasteiger partial charge in [-0.05, 0) is 70.3 Å². The monoisotopic (exact) mass is 348 g/mol. The first kappa shape index (κ1) is 20.4. The zero-order valence-electron chi connectivity index (χ0n) is 16.9. The Labute approximate surface area is 154 Å². The molecule has 0 aromatic rings. The van der Waals surface area contributed by atoms with E-state index in [1.807, 2.05) is 0 Å². The Morgan fingerprint density at radius 3 is 2.68 bits per heavy atom. The van der Waals surface area contributed by atoms with Gasteiger partial charge >= 0.3 is 0 Å². The molecule has 1 saturated heterocycles. The Morgan fingerprint density at radius 2 is 2.04 bits per heavy atom. The van der Waals surface area contributed by atoms with Crippen molar-refractivity contribution in [3.63, 3.8) is 0 Å². The van der Waals surface area contributed by atoms with E-state index >= 15 is 0 Å². The van der Waals surface area contributed by atoms with Gasteiger partial charge in [0.05, 0.1) is 0 Å². The Bertz CT molecular complexity index is 513. The number of fused-ring (bicyclic) bond motifs is 1. The molecule has 3 heteroatoms. The number of ether oxygens (including phenoxy) is 3. The molecule has 0 aromatic heterocycles. The van der Waals surface area contributed by atoms with E-state index in [0.29, 0.717) is 11.8 Å². The Hall–Kier alpha value is -0.900. The van der Waals surface area contributed by atoms with Crippen molar-refractivity contribution in [2.75, 3.05) is 14.2 Å². The standard InChI is InChI=1S/C22H36O3/c1-15(2)9-7-11-17(4)18-14-13-16(3)10-8-12-19-20(18)22(24-6)25-21(19)23-5/h9-10,12,17-18,20-22H,7-8,11,13-14H2,1-6H3/b16-10+,19-12+. The lowest BCUT2D eigenvalue weighted by atomic mass is 9.74. The number of rotatable bonds is 6. The number of methoxy groups -OCH3 is 2. The maximum Gasteiger partial charge on any atom is 0.183 e. The van der Waals surface area contributed by atoms with Gasteiger partial charge in [0.15, 0.2) is 12.6 Å². The Balaban J connectivity index is 2.26. The van der Waals surface area contributed by atoms with Gasteiger partial charge in [0.25, 0.3) is 0 Å². The minimum absolute atomic E-state index is 0.203. The van der Waals surface area contributed by atoms with Crippen LogP contribution < -0.4 is 0 Å². The number of allylic oxidation sites excluding steroid dienone is 5. The average Bonchev–Trinajstić information content (AvgIpc) is 2.94. The van der Waals surface area contributed by atoms with Gasteiger partial charge in [-0.15, -0.1) is 0 Å². The van der Waals surface area contributed by atoms with Crippen molar-refractivity contribution in [1.82, 2.24) is 0 Å². The zero-order chi connectivity index (χ0) is 18.4. The van der Waals surface area contributed by atoms with Gasteiger partial charge in [-0.25, -0.2) is 0 Å². The molecule has 0 amide bonds. The Kier molecular flexibility index (Phi) is 7.92. The summed E-state index contributed by atoms with van der Waals surface area (Å²) in [6.45, 7) is 9.00. The van der Waals surface area contributed by atoms with Crippen LogP contribution in [-0.4, -0.2) is 26.8 Å². The normalized spacial score (nSPS) is 35.3. The smallest absolute Gasteiger partial charge is 0.183 e. The van der Waals surface area contributed by atoms with Crippen molar-refractivity contribution < 1.29 is 14.2 Å². The SMILES string of the molecule is COC1OC(OC)C2/C1=C\C/C=C(\C)CCC2C(C)CCC=C(C)C. The summed E-state index contributed by atoms with van der Waals surface area (Å²) in [6, 6.07) is 0. The second-order valence-corrected chi connectivity index (χ2v) is 7.86. The molecule has 0 saturated carbocycles. The fourth-order valence-corrected chi connectivity index (χ4v) is 4.23. The first-order valence-electron chi connectivity index (χ1n) is 9.67. The summed E-state index contributed by atoms with van der Waals surface area (Å²) < 4.78 is 17.4. The van der Waals surface area contributed by atoms with E-state index in [2.05, 4.69) is 45.9 Å². The van der Waals surface area contributed by atoms with E-state index < -0.39 is 0 Å². The summed E-state index contributed by atoms with van der Waals surface area (Å²) in [5.74, 6) is 1.45. The van der Waals surface area contributed by atoms with Gasteiger partial charge < -0.3 is 14.2 Å². The van der Waals surface area contributed by atoms with Crippen molar-refractivity contribution in [2.45, 2.75) is 72.4 Å². The highest BCUT2D eigenvalue weighted by Gasteiger charge is 2.45. The maximum atomic E-state index is 6.06. The van der Waals surface area contributed by atoms with Crippen molar-refractivity contribution >= 4 is 0 Å². The molecule has 25 heavy (non-hydrogen) atoms. The van der Waals surface area contributed by atoms with Crippen molar-refractivity contribution in [3.05, 3.63) is 34.9 Å². The molecule has 5 unspecified atom stereocenters. The van der Waals surface area contributed by atoms with Crippen molar-refractivity contribution in [1.29, 1.82) is 0 Å². The predicted octanol–water partition coefficient (Wildman–Crippen LogP) is 5.63. The largest absolute Gasteiger partial charge is 0.355 e. The zero-order valence-corrected chi connectivity index (χ0v) is 16.9. The van der Waals surface area contributed by atoms with Crippen LogP contribution in [0.2, 0.25) is 0 Å². The molecule has 0 N–H and O–H groups in total.